The minimum absolute atomic E-state index is 0.0411. The molecule has 0 radical (unpaired) electrons. The summed E-state index contributed by atoms with van der Waals surface area (Å²) in [7, 11) is 0. The smallest absolute Gasteiger partial charge is 0.353 e. The third-order valence-electron chi connectivity index (χ3n) is 4.31. The highest BCUT2D eigenvalue weighted by Gasteiger charge is 2.37. The number of aromatic nitrogens is 2. The van der Waals surface area contributed by atoms with Gasteiger partial charge >= 0.3 is 18.4 Å². The molecule has 6 nitrogen and oxygen atoms in total. The van der Waals surface area contributed by atoms with Crippen molar-refractivity contribution in [2.24, 2.45) is 0 Å². The van der Waals surface area contributed by atoms with E-state index in [2.05, 4.69) is 15.3 Å². The number of urea groups is 1. The minimum Gasteiger partial charge on any atom is -0.353 e. The summed E-state index contributed by atoms with van der Waals surface area (Å²) in [4.78, 5) is 22.1. The molecule has 2 aromatic heterocycles. The first-order valence-corrected chi connectivity index (χ1v) is 8.91. The SMILES string of the molecule is O=C(Nc1ccc(Cl)c(C(F)(F)F)n1)N1CCN(c2ncccc2C(F)(F)F)CC1. The van der Waals surface area contributed by atoms with Gasteiger partial charge in [-0.25, -0.2) is 14.8 Å². The van der Waals surface area contributed by atoms with Gasteiger partial charge in [0.15, 0.2) is 5.69 Å². The van der Waals surface area contributed by atoms with Crippen molar-refractivity contribution in [2.75, 3.05) is 36.4 Å². The number of rotatable bonds is 2. The Morgan fingerprint density at radius 3 is 2.27 bits per heavy atom. The number of halogens is 7. The molecule has 0 unspecified atom stereocenters. The van der Waals surface area contributed by atoms with Gasteiger partial charge in [0, 0.05) is 32.4 Å². The fraction of sp³-hybridized carbons (Fsp3) is 0.353. The number of hydrogen-bond acceptors (Lipinski definition) is 4. The third-order valence-corrected chi connectivity index (χ3v) is 4.61. The Bertz CT molecular complexity index is 928. The summed E-state index contributed by atoms with van der Waals surface area (Å²) in [5, 5.41) is 1.64. The van der Waals surface area contributed by atoms with Gasteiger partial charge in [-0.1, -0.05) is 11.6 Å². The Kier molecular flexibility index (Phi) is 5.97. The van der Waals surface area contributed by atoms with Crippen LogP contribution in [0.15, 0.2) is 30.5 Å². The first-order chi connectivity index (χ1) is 14.0. The van der Waals surface area contributed by atoms with Gasteiger partial charge in [0.25, 0.3) is 0 Å². The standard InChI is InChI=1S/C17H14ClF6N5O/c18-11-3-4-12(26-13(11)17(22,23)24)27-15(30)29-8-6-28(7-9-29)14-10(16(19,20)21)2-1-5-25-14/h1-5H,6-9H2,(H,26,27,30). The highest BCUT2D eigenvalue weighted by atomic mass is 35.5. The second-order valence-electron chi connectivity index (χ2n) is 6.30. The van der Waals surface area contributed by atoms with E-state index in [1.807, 2.05) is 0 Å². The molecular formula is C17H14ClF6N5O. The molecule has 162 valence electrons. The van der Waals surface area contributed by atoms with Crippen LogP contribution in [0.5, 0.6) is 0 Å². The van der Waals surface area contributed by atoms with Crippen LogP contribution in [0.2, 0.25) is 5.02 Å². The van der Waals surface area contributed by atoms with E-state index in [9.17, 15) is 31.1 Å². The van der Waals surface area contributed by atoms with Crippen LogP contribution < -0.4 is 10.2 Å². The van der Waals surface area contributed by atoms with E-state index in [1.165, 1.54) is 22.1 Å². The van der Waals surface area contributed by atoms with Gasteiger partial charge in [-0.3, -0.25) is 5.32 Å². The molecular weight excluding hydrogens is 440 g/mol. The molecule has 0 aromatic carbocycles. The molecule has 1 aliphatic rings. The van der Waals surface area contributed by atoms with Crippen LogP contribution in [-0.4, -0.2) is 47.1 Å². The number of nitrogens with zero attached hydrogens (tertiary/aromatic N) is 4. The number of carbonyl (C=O) groups excluding carboxylic acids is 1. The van der Waals surface area contributed by atoms with E-state index in [1.54, 1.807) is 0 Å². The van der Waals surface area contributed by atoms with Gasteiger partial charge in [-0.2, -0.15) is 26.3 Å². The first-order valence-electron chi connectivity index (χ1n) is 8.53. The molecule has 2 amide bonds. The zero-order valence-corrected chi connectivity index (χ0v) is 15.8. The number of piperazine rings is 1. The summed E-state index contributed by atoms with van der Waals surface area (Å²) < 4.78 is 78.1. The van der Waals surface area contributed by atoms with Crippen LogP contribution in [0.3, 0.4) is 0 Å². The monoisotopic (exact) mass is 453 g/mol. The number of carbonyl (C=O) groups is 1. The zero-order chi connectivity index (χ0) is 22.1. The van der Waals surface area contributed by atoms with E-state index < -0.39 is 34.7 Å². The molecule has 3 heterocycles. The molecule has 1 aliphatic heterocycles. The molecule has 0 aliphatic carbocycles. The van der Waals surface area contributed by atoms with Crippen LogP contribution in [0.1, 0.15) is 11.3 Å². The fourth-order valence-corrected chi connectivity index (χ4v) is 3.10. The number of amides is 2. The van der Waals surface area contributed by atoms with Crippen molar-refractivity contribution in [3.8, 4) is 0 Å². The van der Waals surface area contributed by atoms with Crippen molar-refractivity contribution in [3.05, 3.63) is 46.7 Å². The summed E-state index contributed by atoms with van der Waals surface area (Å²) in [6, 6.07) is 3.46. The summed E-state index contributed by atoms with van der Waals surface area (Å²) >= 11 is 5.49. The topological polar surface area (TPSA) is 61.4 Å². The summed E-state index contributed by atoms with van der Waals surface area (Å²) in [6.07, 6.45) is -8.12. The van der Waals surface area contributed by atoms with Crippen molar-refractivity contribution in [1.29, 1.82) is 0 Å². The van der Waals surface area contributed by atoms with Crippen LogP contribution in [0, 0.1) is 0 Å². The molecule has 0 bridgehead atoms. The maximum Gasteiger partial charge on any atom is 0.434 e. The lowest BCUT2D eigenvalue weighted by Gasteiger charge is -2.36. The minimum atomic E-state index is -4.79. The van der Waals surface area contributed by atoms with Gasteiger partial charge in [-0.15, -0.1) is 0 Å². The molecule has 1 saturated heterocycles. The van der Waals surface area contributed by atoms with Gasteiger partial charge < -0.3 is 9.80 Å². The Balaban J connectivity index is 1.66. The summed E-state index contributed by atoms with van der Waals surface area (Å²) in [5.41, 5.74) is -2.21. The predicted molar refractivity (Wildman–Crippen MR) is 96.3 cm³/mol. The van der Waals surface area contributed by atoms with Gasteiger partial charge in [0.05, 0.1) is 10.6 Å². The highest BCUT2D eigenvalue weighted by molar-refractivity contribution is 6.31. The number of alkyl halides is 6. The van der Waals surface area contributed by atoms with E-state index in [-0.39, 0.29) is 37.8 Å². The Hall–Kier alpha value is -2.76. The average Bonchev–Trinajstić information content (AvgIpc) is 2.68. The summed E-state index contributed by atoms with van der Waals surface area (Å²) in [6.45, 7) is 0.212. The van der Waals surface area contributed by atoms with Crippen LogP contribution in [0.25, 0.3) is 0 Å². The molecule has 0 spiro atoms. The van der Waals surface area contributed by atoms with Gasteiger partial charge in [0.1, 0.15) is 11.6 Å². The number of hydrogen-bond donors (Lipinski definition) is 1. The van der Waals surface area contributed by atoms with E-state index in [4.69, 9.17) is 11.6 Å². The molecule has 1 N–H and O–H groups in total. The van der Waals surface area contributed by atoms with Crippen molar-refractivity contribution >= 4 is 29.3 Å². The average molecular weight is 454 g/mol. The normalized spacial score (nSPS) is 15.3. The van der Waals surface area contributed by atoms with Crippen LogP contribution in [0.4, 0.5) is 42.8 Å². The third kappa shape index (κ3) is 4.86. The van der Waals surface area contributed by atoms with Crippen molar-refractivity contribution in [2.45, 2.75) is 12.4 Å². The van der Waals surface area contributed by atoms with Crippen molar-refractivity contribution in [3.63, 3.8) is 0 Å². The van der Waals surface area contributed by atoms with Gasteiger partial charge in [-0.05, 0) is 24.3 Å². The van der Waals surface area contributed by atoms with E-state index >= 15 is 0 Å². The van der Waals surface area contributed by atoms with E-state index in [0.29, 0.717) is 0 Å². The maximum absolute atomic E-state index is 13.2. The maximum atomic E-state index is 13.2. The lowest BCUT2D eigenvalue weighted by Crippen LogP contribution is -2.50. The van der Waals surface area contributed by atoms with Crippen LogP contribution >= 0.6 is 11.6 Å². The predicted octanol–water partition coefficient (Wildman–Crippen LogP) is 4.52. The molecule has 13 heteroatoms. The number of anilines is 2. The molecule has 0 atom stereocenters. The fourth-order valence-electron chi connectivity index (χ4n) is 2.89. The Labute approximate surface area is 171 Å². The quantitative estimate of drug-likeness (QED) is 0.679. The molecule has 30 heavy (non-hydrogen) atoms. The molecule has 0 saturated carbocycles. The second kappa shape index (κ2) is 8.17. The van der Waals surface area contributed by atoms with Crippen molar-refractivity contribution < 1.29 is 31.1 Å². The first kappa shape index (κ1) is 21.9. The number of pyridine rings is 2. The summed E-state index contributed by atoms with van der Waals surface area (Å²) in [5.74, 6) is -0.581. The molecule has 3 rings (SSSR count). The lowest BCUT2D eigenvalue weighted by molar-refractivity contribution is -0.141. The van der Waals surface area contributed by atoms with Gasteiger partial charge in [0.2, 0.25) is 0 Å². The van der Waals surface area contributed by atoms with Crippen LogP contribution in [-0.2, 0) is 12.4 Å². The zero-order valence-electron chi connectivity index (χ0n) is 15.1. The van der Waals surface area contributed by atoms with E-state index in [0.717, 1.165) is 18.2 Å². The lowest BCUT2D eigenvalue weighted by atomic mass is 10.2. The molecule has 1 fully saturated rings. The Morgan fingerprint density at radius 1 is 1.00 bits per heavy atom. The van der Waals surface area contributed by atoms with Crippen molar-refractivity contribution in [1.82, 2.24) is 14.9 Å². The largest absolute Gasteiger partial charge is 0.434 e. The second-order valence-corrected chi connectivity index (χ2v) is 6.71. The molecule has 2 aromatic rings. The number of nitrogens with one attached hydrogen (secondary N) is 1. The highest BCUT2D eigenvalue weighted by Crippen LogP contribution is 2.36. The Morgan fingerprint density at radius 2 is 1.67 bits per heavy atom.